The molecule has 30 heavy (non-hydrogen) atoms. The molecule has 2 aromatic rings. The van der Waals surface area contributed by atoms with Gasteiger partial charge in [0.15, 0.2) is 0 Å². The van der Waals surface area contributed by atoms with Crippen molar-refractivity contribution in [3.63, 3.8) is 0 Å². The van der Waals surface area contributed by atoms with Crippen LogP contribution in [0.15, 0.2) is 54.6 Å². The van der Waals surface area contributed by atoms with Gasteiger partial charge in [-0.15, -0.1) is 0 Å². The summed E-state index contributed by atoms with van der Waals surface area (Å²) in [4.78, 5) is 27.5. The Morgan fingerprint density at radius 3 is 2.37 bits per heavy atom. The third-order valence-corrected chi connectivity index (χ3v) is 5.32. The van der Waals surface area contributed by atoms with E-state index in [4.69, 9.17) is 4.74 Å². The first-order valence-electron chi connectivity index (χ1n) is 10.7. The fourth-order valence-electron chi connectivity index (χ4n) is 3.09. The lowest BCUT2D eigenvalue weighted by Crippen LogP contribution is -2.49. The molecule has 0 aromatic heterocycles. The maximum atomic E-state index is 13.1. The van der Waals surface area contributed by atoms with Crippen molar-refractivity contribution in [1.29, 1.82) is 0 Å². The maximum Gasteiger partial charge on any atom is 0.242 e. The van der Waals surface area contributed by atoms with Crippen molar-refractivity contribution >= 4 is 11.8 Å². The van der Waals surface area contributed by atoms with Crippen LogP contribution in [0, 0.1) is 6.92 Å². The minimum Gasteiger partial charge on any atom is -0.494 e. The van der Waals surface area contributed by atoms with Crippen molar-refractivity contribution in [1.82, 2.24) is 10.2 Å². The van der Waals surface area contributed by atoms with Crippen molar-refractivity contribution < 1.29 is 14.3 Å². The van der Waals surface area contributed by atoms with Gasteiger partial charge in [0, 0.05) is 19.0 Å². The number of hydrogen-bond acceptors (Lipinski definition) is 3. The molecule has 0 spiro atoms. The maximum absolute atomic E-state index is 13.1. The van der Waals surface area contributed by atoms with Crippen molar-refractivity contribution in [2.24, 2.45) is 0 Å². The molecule has 2 aromatic carbocycles. The van der Waals surface area contributed by atoms with E-state index in [0.717, 1.165) is 23.3 Å². The molecule has 0 aliphatic rings. The predicted molar refractivity (Wildman–Crippen MR) is 120 cm³/mol. The molecule has 2 rings (SSSR count). The Morgan fingerprint density at radius 1 is 1.03 bits per heavy atom. The zero-order valence-electron chi connectivity index (χ0n) is 18.6. The van der Waals surface area contributed by atoms with Gasteiger partial charge in [-0.3, -0.25) is 9.59 Å². The summed E-state index contributed by atoms with van der Waals surface area (Å²) in [7, 11) is 0. The normalized spacial score (nSPS) is 12.7. The molecule has 0 saturated heterocycles. The summed E-state index contributed by atoms with van der Waals surface area (Å²) in [6.45, 7) is 8.70. The second kappa shape index (κ2) is 12.0. The van der Waals surface area contributed by atoms with Crippen LogP contribution in [0.3, 0.4) is 0 Å². The van der Waals surface area contributed by atoms with Crippen LogP contribution in [-0.4, -0.2) is 35.4 Å². The Hall–Kier alpha value is -2.82. The van der Waals surface area contributed by atoms with Crippen LogP contribution in [-0.2, 0) is 16.1 Å². The van der Waals surface area contributed by atoms with Crippen molar-refractivity contribution in [3.8, 4) is 5.75 Å². The summed E-state index contributed by atoms with van der Waals surface area (Å²) in [5.74, 6) is 0.636. The number of amides is 2. The van der Waals surface area contributed by atoms with Crippen molar-refractivity contribution in [3.05, 3.63) is 65.7 Å². The van der Waals surface area contributed by atoms with Gasteiger partial charge in [-0.1, -0.05) is 49.4 Å². The molecule has 0 fully saturated rings. The molecule has 5 nitrogen and oxygen atoms in total. The molecule has 0 bridgehead atoms. The lowest BCUT2D eigenvalue weighted by atomic mass is 10.1. The minimum atomic E-state index is -0.541. The van der Waals surface area contributed by atoms with Crippen LogP contribution in [0.4, 0.5) is 0 Å². The van der Waals surface area contributed by atoms with E-state index in [0.29, 0.717) is 26.0 Å². The highest BCUT2D eigenvalue weighted by atomic mass is 16.5. The molecule has 0 aliphatic heterocycles. The molecule has 0 heterocycles. The number of carbonyl (C=O) groups excluding carboxylic acids is 2. The van der Waals surface area contributed by atoms with E-state index in [2.05, 4.69) is 5.32 Å². The highest BCUT2D eigenvalue weighted by Crippen LogP contribution is 2.16. The second-order valence-corrected chi connectivity index (χ2v) is 7.71. The van der Waals surface area contributed by atoms with E-state index >= 15 is 0 Å². The lowest BCUT2D eigenvalue weighted by molar-refractivity contribution is -0.141. The Labute approximate surface area is 180 Å². The first-order chi connectivity index (χ1) is 14.4. The van der Waals surface area contributed by atoms with Gasteiger partial charge in [-0.05, 0) is 56.9 Å². The summed E-state index contributed by atoms with van der Waals surface area (Å²) in [6, 6.07) is 17.1. The van der Waals surface area contributed by atoms with Gasteiger partial charge in [0.05, 0.1) is 6.61 Å². The van der Waals surface area contributed by atoms with Crippen LogP contribution < -0.4 is 10.1 Å². The molecule has 0 saturated carbocycles. The van der Waals surface area contributed by atoms with E-state index in [-0.39, 0.29) is 17.9 Å². The fourth-order valence-corrected chi connectivity index (χ4v) is 3.09. The lowest BCUT2D eigenvalue weighted by Gasteiger charge is -2.30. The molecular weight excluding hydrogens is 376 g/mol. The first-order valence-corrected chi connectivity index (χ1v) is 10.7. The van der Waals surface area contributed by atoms with Crippen LogP contribution in [0.1, 0.15) is 51.2 Å². The van der Waals surface area contributed by atoms with Crippen LogP contribution in [0.2, 0.25) is 0 Å². The monoisotopic (exact) mass is 410 g/mol. The van der Waals surface area contributed by atoms with Crippen molar-refractivity contribution in [2.45, 2.75) is 65.6 Å². The molecule has 5 heteroatoms. The molecule has 2 amide bonds. The third-order valence-electron chi connectivity index (χ3n) is 5.32. The average Bonchev–Trinajstić information content (AvgIpc) is 2.76. The summed E-state index contributed by atoms with van der Waals surface area (Å²) in [6.07, 6.45) is 1.78. The summed E-state index contributed by atoms with van der Waals surface area (Å²) < 4.78 is 5.70. The van der Waals surface area contributed by atoms with E-state index in [1.54, 1.807) is 11.8 Å². The molecule has 1 N–H and O–H groups in total. The quantitative estimate of drug-likeness (QED) is 0.556. The standard InChI is InChI=1S/C25H34N2O3/c1-5-20(3)26-25(29)21(4)27(18-22-13-10-9-12-19(22)2)24(28)16-11-17-30-23-14-7-6-8-15-23/h6-10,12-15,20-21H,5,11,16-18H2,1-4H3,(H,26,29)/t20-,21+/m1/s1. The zero-order valence-corrected chi connectivity index (χ0v) is 18.6. The number of nitrogens with zero attached hydrogens (tertiary/aromatic N) is 1. The molecule has 0 radical (unpaired) electrons. The SMILES string of the molecule is CC[C@@H](C)NC(=O)[C@H](C)N(Cc1ccccc1C)C(=O)CCCOc1ccccc1. The molecule has 162 valence electrons. The Morgan fingerprint density at radius 2 is 1.70 bits per heavy atom. The van der Waals surface area contributed by atoms with Gasteiger partial charge in [-0.25, -0.2) is 0 Å². The summed E-state index contributed by atoms with van der Waals surface area (Å²) in [5, 5.41) is 3.00. The molecular formula is C25H34N2O3. The molecule has 0 aliphatic carbocycles. The largest absolute Gasteiger partial charge is 0.494 e. The van der Waals surface area contributed by atoms with Gasteiger partial charge in [0.25, 0.3) is 0 Å². The van der Waals surface area contributed by atoms with E-state index in [9.17, 15) is 9.59 Å². The summed E-state index contributed by atoms with van der Waals surface area (Å²) >= 11 is 0. The number of benzene rings is 2. The summed E-state index contributed by atoms with van der Waals surface area (Å²) in [5.41, 5.74) is 2.16. The van der Waals surface area contributed by atoms with Crippen LogP contribution in [0.25, 0.3) is 0 Å². The van der Waals surface area contributed by atoms with E-state index in [1.807, 2.05) is 75.4 Å². The van der Waals surface area contributed by atoms with E-state index < -0.39 is 6.04 Å². The zero-order chi connectivity index (χ0) is 21.9. The molecule has 2 atom stereocenters. The van der Waals surface area contributed by atoms with Crippen LogP contribution >= 0.6 is 0 Å². The number of nitrogens with one attached hydrogen (secondary N) is 1. The Bertz CT molecular complexity index is 807. The smallest absolute Gasteiger partial charge is 0.242 e. The number of hydrogen-bond donors (Lipinski definition) is 1. The number of carbonyl (C=O) groups is 2. The highest BCUT2D eigenvalue weighted by molar-refractivity contribution is 5.87. The first kappa shape index (κ1) is 23.5. The van der Waals surface area contributed by atoms with Crippen molar-refractivity contribution in [2.75, 3.05) is 6.61 Å². The molecule has 0 unspecified atom stereocenters. The Kier molecular flexibility index (Phi) is 9.39. The third kappa shape index (κ3) is 7.21. The van der Waals surface area contributed by atoms with Gasteiger partial charge in [0.2, 0.25) is 11.8 Å². The predicted octanol–water partition coefficient (Wildman–Crippen LogP) is 4.49. The minimum absolute atomic E-state index is 0.0401. The number of ether oxygens (including phenoxy) is 1. The topological polar surface area (TPSA) is 58.6 Å². The van der Waals surface area contributed by atoms with Gasteiger partial charge >= 0.3 is 0 Å². The van der Waals surface area contributed by atoms with Crippen LogP contribution in [0.5, 0.6) is 5.75 Å². The van der Waals surface area contributed by atoms with Gasteiger partial charge in [-0.2, -0.15) is 0 Å². The number of aryl methyl sites for hydroxylation is 1. The number of para-hydroxylation sites is 1. The fraction of sp³-hybridized carbons (Fsp3) is 0.440. The second-order valence-electron chi connectivity index (χ2n) is 7.71. The van der Waals surface area contributed by atoms with Gasteiger partial charge in [0.1, 0.15) is 11.8 Å². The van der Waals surface area contributed by atoms with Gasteiger partial charge < -0.3 is 15.0 Å². The average molecular weight is 411 g/mol. The highest BCUT2D eigenvalue weighted by Gasteiger charge is 2.26. The van der Waals surface area contributed by atoms with E-state index in [1.165, 1.54) is 0 Å². The number of rotatable bonds is 11. The Balaban J connectivity index is 2.02.